The first-order valence-electron chi connectivity index (χ1n) is 15.6. The van der Waals surface area contributed by atoms with Crippen molar-refractivity contribution in [1.29, 1.82) is 0 Å². The highest BCUT2D eigenvalue weighted by Crippen LogP contribution is 2.34. The molecule has 0 unspecified atom stereocenters. The van der Waals surface area contributed by atoms with Crippen LogP contribution in [0.4, 0.5) is 0 Å². The molecule has 2 aromatic carbocycles. The Labute approximate surface area is 277 Å². The number of carbonyl (C=O) groups excluding carboxylic acids is 3. The number of unbranched alkanes of at least 4 members (excludes halogenated alkanes) is 2. The topological polar surface area (TPSA) is 241 Å². The molecule has 15 nitrogen and oxygen atoms in total. The van der Waals surface area contributed by atoms with Crippen LogP contribution in [-0.2, 0) is 28.7 Å². The number of carboxylic acid groups (broad SMARTS) is 2. The third-order valence-corrected chi connectivity index (χ3v) is 7.91. The van der Waals surface area contributed by atoms with E-state index in [4.69, 9.17) is 14.6 Å². The fourth-order valence-electron chi connectivity index (χ4n) is 5.35. The summed E-state index contributed by atoms with van der Waals surface area (Å²) in [5.41, 5.74) is 2.08. The standard InChI is InChI=1S/C33H43N3O12/c1-3-24(39)36-27-26(35-19(2)37)29(48-33(30(27)43,32(45)46)47-17-9-5-8-12-25(40)41)28(42)23(38)18-34-31(44)22-15-13-21(14-16-22)20-10-6-4-7-11-20/h4,6-7,10-11,13-16,23,26-30,38,42-43H,3,5,8-9,12,17-18H2,1-2H3,(H,34,44)(H,35,37)(H,36,39)(H,40,41)(H,45,46)/t23-,26-,27-,28-,29-,30+,33-/m1/s1. The Morgan fingerprint density at radius 2 is 1.54 bits per heavy atom. The lowest BCUT2D eigenvalue weighted by Crippen LogP contribution is -2.77. The number of rotatable bonds is 17. The van der Waals surface area contributed by atoms with Gasteiger partial charge >= 0.3 is 11.9 Å². The number of benzene rings is 2. The predicted octanol–water partition coefficient (Wildman–Crippen LogP) is 0.407. The number of aliphatic carboxylic acids is 2. The van der Waals surface area contributed by atoms with Crippen LogP contribution in [0.3, 0.4) is 0 Å². The third kappa shape index (κ3) is 9.81. The molecule has 48 heavy (non-hydrogen) atoms. The van der Waals surface area contributed by atoms with Crippen molar-refractivity contribution in [3.05, 3.63) is 60.2 Å². The minimum atomic E-state index is -2.89. The zero-order chi connectivity index (χ0) is 35.4. The maximum Gasteiger partial charge on any atom is 0.367 e. The zero-order valence-electron chi connectivity index (χ0n) is 26.7. The summed E-state index contributed by atoms with van der Waals surface area (Å²) in [5, 5.41) is 60.1. The van der Waals surface area contributed by atoms with Gasteiger partial charge in [-0.05, 0) is 36.1 Å². The zero-order valence-corrected chi connectivity index (χ0v) is 26.7. The molecule has 1 fully saturated rings. The number of hydrogen-bond acceptors (Lipinski definition) is 10. The van der Waals surface area contributed by atoms with Crippen LogP contribution < -0.4 is 16.0 Å². The predicted molar refractivity (Wildman–Crippen MR) is 169 cm³/mol. The molecule has 0 saturated carbocycles. The molecule has 0 bridgehead atoms. The van der Waals surface area contributed by atoms with Crippen LogP contribution in [0.25, 0.3) is 11.1 Å². The van der Waals surface area contributed by atoms with E-state index in [9.17, 15) is 44.4 Å². The van der Waals surface area contributed by atoms with Crippen molar-refractivity contribution in [1.82, 2.24) is 16.0 Å². The SMILES string of the molecule is CCC(=O)N[C@@H]1[C@@H](NC(C)=O)[C@H]([C@H](O)[C@H](O)CNC(=O)c2ccc(-c3ccccc3)cc2)O[C@@](OCCCCCC(=O)O)(C(=O)O)[C@H]1O. The van der Waals surface area contributed by atoms with Gasteiger partial charge in [-0.1, -0.05) is 55.8 Å². The molecule has 3 amide bonds. The van der Waals surface area contributed by atoms with Gasteiger partial charge in [0.1, 0.15) is 18.3 Å². The Kier molecular flexibility index (Phi) is 14.0. The summed E-state index contributed by atoms with van der Waals surface area (Å²) in [6.07, 6.45) is -7.12. The molecule has 1 saturated heterocycles. The maximum absolute atomic E-state index is 12.9. The van der Waals surface area contributed by atoms with Crippen LogP contribution in [0.2, 0.25) is 0 Å². The Morgan fingerprint density at radius 3 is 2.12 bits per heavy atom. The third-order valence-electron chi connectivity index (χ3n) is 7.91. The van der Waals surface area contributed by atoms with Crippen LogP contribution in [-0.4, -0.2) is 111 Å². The second-order valence-corrected chi connectivity index (χ2v) is 11.4. The normalized spacial score (nSPS) is 23.4. The second kappa shape index (κ2) is 17.7. The molecule has 0 aromatic heterocycles. The fraction of sp³-hybridized carbons (Fsp3) is 0.485. The summed E-state index contributed by atoms with van der Waals surface area (Å²) in [6, 6.07) is 13.1. The van der Waals surface area contributed by atoms with Gasteiger partial charge in [0.25, 0.3) is 11.7 Å². The lowest BCUT2D eigenvalue weighted by Gasteiger charge is -2.50. The van der Waals surface area contributed by atoms with Crippen LogP contribution >= 0.6 is 0 Å². The summed E-state index contributed by atoms with van der Waals surface area (Å²) >= 11 is 0. The fourth-order valence-corrected chi connectivity index (χ4v) is 5.35. The van der Waals surface area contributed by atoms with E-state index in [1.54, 1.807) is 24.3 Å². The Balaban J connectivity index is 1.82. The number of aliphatic hydroxyl groups is 3. The molecule has 2 aromatic rings. The summed E-state index contributed by atoms with van der Waals surface area (Å²) < 4.78 is 11.3. The van der Waals surface area contributed by atoms with E-state index in [-0.39, 0.29) is 37.9 Å². The smallest absolute Gasteiger partial charge is 0.367 e. The van der Waals surface area contributed by atoms with Crippen LogP contribution in [0.15, 0.2) is 54.6 Å². The highest BCUT2D eigenvalue weighted by atomic mass is 16.7. The number of aliphatic hydroxyl groups excluding tert-OH is 3. The molecule has 1 aliphatic heterocycles. The first-order chi connectivity index (χ1) is 22.8. The van der Waals surface area contributed by atoms with Gasteiger partial charge in [-0.3, -0.25) is 19.2 Å². The Bertz CT molecular complexity index is 1410. The molecule has 0 radical (unpaired) electrons. The first-order valence-corrected chi connectivity index (χ1v) is 15.6. The molecule has 1 heterocycles. The van der Waals surface area contributed by atoms with Gasteiger partial charge < -0.3 is 51.0 Å². The average molecular weight is 674 g/mol. The molecule has 262 valence electrons. The molecule has 15 heteroatoms. The van der Waals surface area contributed by atoms with E-state index in [2.05, 4.69) is 16.0 Å². The van der Waals surface area contributed by atoms with Gasteiger partial charge in [-0.25, -0.2) is 4.79 Å². The largest absolute Gasteiger partial charge is 0.481 e. The lowest BCUT2D eigenvalue weighted by molar-refractivity contribution is -0.333. The van der Waals surface area contributed by atoms with E-state index >= 15 is 0 Å². The van der Waals surface area contributed by atoms with Crippen molar-refractivity contribution in [2.45, 2.75) is 88.2 Å². The van der Waals surface area contributed by atoms with Crippen molar-refractivity contribution >= 4 is 29.7 Å². The van der Waals surface area contributed by atoms with Crippen molar-refractivity contribution < 1.29 is 59.0 Å². The molecule has 0 aliphatic carbocycles. The van der Waals surface area contributed by atoms with Gasteiger partial charge in [0.15, 0.2) is 0 Å². The monoisotopic (exact) mass is 673 g/mol. The van der Waals surface area contributed by atoms with Crippen LogP contribution in [0.5, 0.6) is 0 Å². The number of carboxylic acids is 2. The summed E-state index contributed by atoms with van der Waals surface area (Å²) in [7, 11) is 0. The minimum absolute atomic E-state index is 0.0877. The molecule has 3 rings (SSSR count). The number of carbonyl (C=O) groups is 5. The van der Waals surface area contributed by atoms with Crippen LogP contribution in [0.1, 0.15) is 56.3 Å². The average Bonchev–Trinajstić information content (AvgIpc) is 3.07. The van der Waals surface area contributed by atoms with E-state index in [0.717, 1.165) is 18.1 Å². The number of ether oxygens (including phenoxy) is 2. The Morgan fingerprint density at radius 1 is 0.896 bits per heavy atom. The number of amides is 3. The first kappa shape index (κ1) is 38.0. The summed E-state index contributed by atoms with van der Waals surface area (Å²) in [4.78, 5) is 61.0. The quantitative estimate of drug-likeness (QED) is 0.107. The highest BCUT2D eigenvalue weighted by molar-refractivity contribution is 5.94. The molecule has 1 aliphatic rings. The highest BCUT2D eigenvalue weighted by Gasteiger charge is 2.62. The molecular weight excluding hydrogens is 630 g/mol. The van der Waals surface area contributed by atoms with Gasteiger partial charge in [-0.15, -0.1) is 0 Å². The van der Waals surface area contributed by atoms with Crippen molar-refractivity contribution in [3.63, 3.8) is 0 Å². The molecular formula is C33H43N3O12. The van der Waals surface area contributed by atoms with Crippen molar-refractivity contribution in [3.8, 4) is 11.1 Å². The van der Waals surface area contributed by atoms with E-state index < -0.39 is 78.5 Å². The van der Waals surface area contributed by atoms with Crippen molar-refractivity contribution in [2.75, 3.05) is 13.2 Å². The maximum atomic E-state index is 12.9. The molecule has 7 atom stereocenters. The Hall–Kier alpha value is -4.41. The van der Waals surface area contributed by atoms with Crippen LogP contribution in [0, 0.1) is 0 Å². The van der Waals surface area contributed by atoms with E-state index in [1.165, 1.54) is 6.92 Å². The van der Waals surface area contributed by atoms with Gasteiger partial charge in [-0.2, -0.15) is 0 Å². The van der Waals surface area contributed by atoms with Gasteiger partial charge in [0.2, 0.25) is 11.8 Å². The summed E-state index contributed by atoms with van der Waals surface area (Å²) in [6.45, 7) is 1.75. The minimum Gasteiger partial charge on any atom is -0.481 e. The lowest BCUT2D eigenvalue weighted by atomic mass is 9.84. The van der Waals surface area contributed by atoms with Gasteiger partial charge in [0, 0.05) is 31.9 Å². The van der Waals surface area contributed by atoms with Gasteiger partial charge in [0.05, 0.1) is 24.8 Å². The number of nitrogens with one attached hydrogen (secondary N) is 3. The molecule has 0 spiro atoms. The summed E-state index contributed by atoms with van der Waals surface area (Å²) in [5.74, 6) is -7.62. The van der Waals surface area contributed by atoms with E-state index in [1.807, 2.05) is 30.3 Å². The second-order valence-electron chi connectivity index (χ2n) is 11.4. The van der Waals surface area contributed by atoms with E-state index in [0.29, 0.717) is 6.42 Å². The van der Waals surface area contributed by atoms with Crippen molar-refractivity contribution in [2.24, 2.45) is 0 Å². The number of hydrogen-bond donors (Lipinski definition) is 8. The molecule has 8 N–H and O–H groups in total.